The van der Waals surface area contributed by atoms with Gasteiger partial charge in [-0.1, -0.05) is 12.1 Å². The van der Waals surface area contributed by atoms with Gasteiger partial charge in [0.05, 0.1) is 4.92 Å². The molecule has 1 N–H and O–H groups in total. The highest BCUT2D eigenvalue weighted by molar-refractivity contribution is 5.44. The molecule has 0 saturated carbocycles. The molecule has 1 saturated heterocycles. The molecule has 0 amide bonds. The van der Waals surface area contributed by atoms with Gasteiger partial charge in [-0.3, -0.25) is 10.1 Å². The molecule has 1 aliphatic rings. The minimum Gasteiger partial charge on any atom is -0.311 e. The first kappa shape index (κ1) is 14.0. The van der Waals surface area contributed by atoms with E-state index in [0.29, 0.717) is 12.6 Å². The van der Waals surface area contributed by atoms with Crippen molar-refractivity contribution in [3.63, 3.8) is 0 Å². The number of likely N-dealkylation sites (N-methyl/N-ethyl adjacent to an activating group) is 1. The van der Waals surface area contributed by atoms with Gasteiger partial charge in [0.1, 0.15) is 0 Å². The number of hydrogen-bond acceptors (Lipinski definition) is 4. The highest BCUT2D eigenvalue weighted by Crippen LogP contribution is 2.21. The third-order valence-corrected chi connectivity index (χ3v) is 3.98. The smallest absolute Gasteiger partial charge is 0.272 e. The molecule has 1 heterocycles. The van der Waals surface area contributed by atoms with E-state index < -0.39 is 0 Å². The van der Waals surface area contributed by atoms with Crippen molar-refractivity contribution in [2.45, 2.75) is 32.4 Å². The van der Waals surface area contributed by atoms with Crippen LogP contribution in [0.25, 0.3) is 0 Å². The van der Waals surface area contributed by atoms with E-state index in [-0.39, 0.29) is 10.6 Å². The van der Waals surface area contributed by atoms with E-state index in [1.807, 2.05) is 13.0 Å². The van der Waals surface area contributed by atoms with E-state index in [1.54, 1.807) is 12.1 Å². The Morgan fingerprint density at radius 1 is 1.53 bits per heavy atom. The van der Waals surface area contributed by atoms with Crippen LogP contribution < -0.4 is 5.32 Å². The van der Waals surface area contributed by atoms with Crippen LogP contribution in [0.1, 0.15) is 24.0 Å². The van der Waals surface area contributed by atoms with E-state index in [9.17, 15) is 10.1 Å². The third kappa shape index (κ3) is 3.30. The summed E-state index contributed by atoms with van der Waals surface area (Å²) < 4.78 is 0. The average molecular weight is 263 g/mol. The molecule has 1 atom stereocenters. The van der Waals surface area contributed by atoms with Crippen molar-refractivity contribution in [2.75, 3.05) is 20.1 Å². The minimum atomic E-state index is -0.316. The Morgan fingerprint density at radius 3 is 2.95 bits per heavy atom. The SMILES string of the molecule is Cc1c(CNCC2CCCN2C)cccc1[N+](=O)[O-]. The molecule has 104 valence electrons. The number of nitro groups is 1. The zero-order valence-electron chi connectivity index (χ0n) is 11.6. The molecule has 5 heteroatoms. The summed E-state index contributed by atoms with van der Waals surface area (Å²) in [5.41, 5.74) is 1.98. The van der Waals surface area contributed by atoms with E-state index >= 15 is 0 Å². The summed E-state index contributed by atoms with van der Waals surface area (Å²) in [5, 5.41) is 14.3. The molecular weight excluding hydrogens is 242 g/mol. The normalized spacial score (nSPS) is 19.8. The van der Waals surface area contributed by atoms with Gasteiger partial charge in [0.15, 0.2) is 0 Å². The summed E-state index contributed by atoms with van der Waals surface area (Å²) in [7, 11) is 2.15. The van der Waals surface area contributed by atoms with E-state index in [0.717, 1.165) is 17.7 Å². The molecule has 5 nitrogen and oxygen atoms in total. The Balaban J connectivity index is 1.92. The van der Waals surface area contributed by atoms with Crippen LogP contribution in [-0.2, 0) is 6.54 Å². The summed E-state index contributed by atoms with van der Waals surface area (Å²) in [6, 6.07) is 5.86. The van der Waals surface area contributed by atoms with Gasteiger partial charge in [0.25, 0.3) is 5.69 Å². The molecule has 0 spiro atoms. The maximum Gasteiger partial charge on any atom is 0.272 e. The van der Waals surface area contributed by atoms with Crippen LogP contribution in [0, 0.1) is 17.0 Å². The molecule has 19 heavy (non-hydrogen) atoms. The minimum absolute atomic E-state index is 0.206. The molecule has 1 aromatic carbocycles. The maximum absolute atomic E-state index is 10.9. The zero-order chi connectivity index (χ0) is 13.8. The monoisotopic (exact) mass is 263 g/mol. The lowest BCUT2D eigenvalue weighted by atomic mass is 10.1. The molecule has 0 bridgehead atoms. The topological polar surface area (TPSA) is 58.4 Å². The number of benzene rings is 1. The number of nitrogens with zero attached hydrogens (tertiary/aromatic N) is 2. The average Bonchev–Trinajstić information content (AvgIpc) is 2.77. The summed E-state index contributed by atoms with van der Waals surface area (Å²) in [6.07, 6.45) is 2.50. The summed E-state index contributed by atoms with van der Waals surface area (Å²) in [5.74, 6) is 0. The van der Waals surface area contributed by atoms with Crippen molar-refractivity contribution < 1.29 is 4.92 Å². The van der Waals surface area contributed by atoms with Crippen molar-refractivity contribution in [3.05, 3.63) is 39.4 Å². The van der Waals surface area contributed by atoms with Gasteiger partial charge in [0.2, 0.25) is 0 Å². The van der Waals surface area contributed by atoms with Crippen LogP contribution in [0.2, 0.25) is 0 Å². The standard InChI is InChI=1S/C14H21N3O2/c1-11-12(5-3-7-14(11)17(18)19)9-15-10-13-6-4-8-16(13)2/h3,5,7,13,15H,4,6,8-10H2,1-2H3. The number of nitro benzene ring substituents is 1. The first-order chi connectivity index (χ1) is 9.09. The summed E-state index contributed by atoms with van der Waals surface area (Å²) in [6.45, 7) is 4.62. The molecule has 1 aromatic rings. The van der Waals surface area contributed by atoms with Gasteiger partial charge in [0, 0.05) is 30.8 Å². The Hall–Kier alpha value is -1.46. The molecular formula is C14H21N3O2. The Bertz CT molecular complexity index is 462. The Kier molecular flexibility index (Phi) is 4.50. The molecule has 0 aromatic heterocycles. The van der Waals surface area contributed by atoms with Crippen molar-refractivity contribution in [1.29, 1.82) is 0 Å². The first-order valence-electron chi connectivity index (χ1n) is 6.73. The van der Waals surface area contributed by atoms with Gasteiger partial charge < -0.3 is 10.2 Å². The van der Waals surface area contributed by atoms with Crippen LogP contribution in [0.3, 0.4) is 0 Å². The lowest BCUT2D eigenvalue weighted by Gasteiger charge is -2.20. The quantitative estimate of drug-likeness (QED) is 0.653. The van der Waals surface area contributed by atoms with Crippen molar-refractivity contribution in [1.82, 2.24) is 10.2 Å². The fourth-order valence-electron chi connectivity index (χ4n) is 2.67. The van der Waals surface area contributed by atoms with Gasteiger partial charge in [-0.2, -0.15) is 0 Å². The molecule has 0 radical (unpaired) electrons. The van der Waals surface area contributed by atoms with Crippen molar-refractivity contribution in [3.8, 4) is 0 Å². The lowest BCUT2D eigenvalue weighted by Crippen LogP contribution is -2.35. The van der Waals surface area contributed by atoms with E-state index in [4.69, 9.17) is 0 Å². The molecule has 1 aliphatic heterocycles. The second-order valence-electron chi connectivity index (χ2n) is 5.23. The van der Waals surface area contributed by atoms with Gasteiger partial charge >= 0.3 is 0 Å². The van der Waals surface area contributed by atoms with Crippen LogP contribution in [0.4, 0.5) is 5.69 Å². The summed E-state index contributed by atoms with van der Waals surface area (Å²) in [4.78, 5) is 12.9. The first-order valence-corrected chi connectivity index (χ1v) is 6.73. The highest BCUT2D eigenvalue weighted by atomic mass is 16.6. The van der Waals surface area contributed by atoms with Gasteiger partial charge in [-0.25, -0.2) is 0 Å². The van der Waals surface area contributed by atoms with Crippen molar-refractivity contribution in [2.24, 2.45) is 0 Å². The van der Waals surface area contributed by atoms with E-state index in [1.165, 1.54) is 19.4 Å². The number of likely N-dealkylation sites (tertiary alicyclic amines) is 1. The van der Waals surface area contributed by atoms with Gasteiger partial charge in [-0.15, -0.1) is 0 Å². The molecule has 1 unspecified atom stereocenters. The number of nitrogens with one attached hydrogen (secondary N) is 1. The predicted molar refractivity (Wildman–Crippen MR) is 75.2 cm³/mol. The molecule has 1 fully saturated rings. The predicted octanol–water partition coefficient (Wildman–Crippen LogP) is 2.09. The molecule has 2 rings (SSSR count). The van der Waals surface area contributed by atoms with Crippen LogP contribution in [-0.4, -0.2) is 36.0 Å². The fourth-order valence-corrected chi connectivity index (χ4v) is 2.67. The van der Waals surface area contributed by atoms with Crippen LogP contribution in [0.15, 0.2) is 18.2 Å². The zero-order valence-corrected chi connectivity index (χ0v) is 11.6. The molecule has 0 aliphatic carbocycles. The van der Waals surface area contributed by atoms with Crippen LogP contribution >= 0.6 is 0 Å². The van der Waals surface area contributed by atoms with Gasteiger partial charge in [-0.05, 0) is 38.9 Å². The van der Waals surface area contributed by atoms with Crippen molar-refractivity contribution >= 4 is 5.69 Å². The Morgan fingerprint density at radius 2 is 2.32 bits per heavy atom. The number of hydrogen-bond donors (Lipinski definition) is 1. The number of rotatable bonds is 5. The maximum atomic E-state index is 10.9. The van der Waals surface area contributed by atoms with E-state index in [2.05, 4.69) is 17.3 Å². The second kappa shape index (κ2) is 6.12. The van der Waals surface area contributed by atoms with Crippen LogP contribution in [0.5, 0.6) is 0 Å². The third-order valence-electron chi connectivity index (χ3n) is 3.98. The fraction of sp³-hybridized carbons (Fsp3) is 0.571. The Labute approximate surface area is 113 Å². The highest BCUT2D eigenvalue weighted by Gasteiger charge is 2.20. The summed E-state index contributed by atoms with van der Waals surface area (Å²) >= 11 is 0. The lowest BCUT2D eigenvalue weighted by molar-refractivity contribution is -0.385. The second-order valence-corrected chi connectivity index (χ2v) is 5.23. The largest absolute Gasteiger partial charge is 0.311 e.